The average molecular weight is 198 g/mol. The third-order valence-corrected chi connectivity index (χ3v) is 3.19. The Morgan fingerprint density at radius 2 is 2.21 bits per heavy atom. The zero-order chi connectivity index (χ0) is 10.5. The summed E-state index contributed by atoms with van der Waals surface area (Å²) in [6, 6.07) is 0. The fourth-order valence-corrected chi connectivity index (χ4v) is 2.07. The maximum Gasteiger partial charge on any atom is 0.334 e. The van der Waals surface area contributed by atoms with E-state index in [0.717, 1.165) is 5.57 Å². The molecule has 78 valence electrons. The summed E-state index contributed by atoms with van der Waals surface area (Å²) in [5.41, 5.74) is 0.276. The van der Waals surface area contributed by atoms with Crippen molar-refractivity contribution in [1.29, 1.82) is 0 Å². The lowest BCUT2D eigenvalue weighted by molar-refractivity contribution is -0.159. The van der Waals surface area contributed by atoms with Crippen molar-refractivity contribution in [2.24, 2.45) is 0 Å². The number of aliphatic hydroxyl groups is 2. The molecular weight excluding hydrogens is 184 g/mol. The predicted molar refractivity (Wildman–Crippen MR) is 48.4 cm³/mol. The Morgan fingerprint density at radius 1 is 1.57 bits per heavy atom. The molecule has 2 N–H and O–H groups in total. The minimum Gasteiger partial charge on any atom is -0.452 e. The van der Waals surface area contributed by atoms with Crippen LogP contribution in [0.15, 0.2) is 11.1 Å². The Bertz CT molecular complexity index is 316. The van der Waals surface area contributed by atoms with Crippen LogP contribution in [0.25, 0.3) is 0 Å². The van der Waals surface area contributed by atoms with Crippen LogP contribution in [0, 0.1) is 0 Å². The van der Waals surface area contributed by atoms with Crippen LogP contribution >= 0.6 is 0 Å². The number of aliphatic hydroxyl groups excluding tert-OH is 1. The Hall–Kier alpha value is -0.870. The van der Waals surface area contributed by atoms with Gasteiger partial charge in [-0.1, -0.05) is 0 Å². The lowest BCUT2D eigenvalue weighted by atomic mass is 9.78. The van der Waals surface area contributed by atoms with Crippen molar-refractivity contribution >= 4 is 5.97 Å². The minimum atomic E-state index is -1.15. The molecule has 0 aromatic heterocycles. The van der Waals surface area contributed by atoms with E-state index in [9.17, 15) is 15.0 Å². The molecule has 1 saturated carbocycles. The summed E-state index contributed by atoms with van der Waals surface area (Å²) >= 11 is 0. The number of hydrogen-bond acceptors (Lipinski definition) is 4. The molecule has 0 saturated heterocycles. The zero-order valence-electron chi connectivity index (χ0n) is 8.28. The van der Waals surface area contributed by atoms with E-state index >= 15 is 0 Å². The van der Waals surface area contributed by atoms with Crippen LogP contribution < -0.4 is 0 Å². The highest BCUT2D eigenvalue weighted by atomic mass is 16.6. The normalized spacial score (nSPS) is 42.4. The molecule has 3 atom stereocenters. The van der Waals surface area contributed by atoms with Gasteiger partial charge in [-0.15, -0.1) is 0 Å². The Labute approximate surface area is 82.2 Å². The summed E-state index contributed by atoms with van der Waals surface area (Å²) in [7, 11) is 0. The molecule has 0 aromatic rings. The summed E-state index contributed by atoms with van der Waals surface area (Å²) in [5.74, 6) is -0.373. The number of rotatable bonds is 0. The van der Waals surface area contributed by atoms with Crippen LogP contribution in [-0.4, -0.2) is 34.0 Å². The van der Waals surface area contributed by atoms with E-state index in [0.29, 0.717) is 18.4 Å². The van der Waals surface area contributed by atoms with Gasteiger partial charge in [0.05, 0.1) is 5.60 Å². The summed E-state index contributed by atoms with van der Waals surface area (Å²) < 4.78 is 5.00. The van der Waals surface area contributed by atoms with Gasteiger partial charge in [-0.3, -0.25) is 0 Å². The summed E-state index contributed by atoms with van der Waals surface area (Å²) in [6.07, 6.45) is -0.556. The first-order valence-corrected chi connectivity index (χ1v) is 4.74. The molecule has 4 nitrogen and oxygen atoms in total. The predicted octanol–water partition coefficient (Wildman–Crippen LogP) is 0.134. The van der Waals surface area contributed by atoms with Crippen molar-refractivity contribution in [1.82, 2.24) is 0 Å². The monoisotopic (exact) mass is 198 g/mol. The lowest BCUT2D eigenvalue weighted by Gasteiger charge is -2.37. The molecule has 0 spiro atoms. The number of carbonyl (C=O) groups is 1. The summed E-state index contributed by atoms with van der Waals surface area (Å²) in [4.78, 5) is 11.2. The number of carbonyl (C=O) groups excluding carboxylic acids is 1. The highest BCUT2D eigenvalue weighted by molar-refractivity contribution is 5.91. The highest BCUT2D eigenvalue weighted by Crippen LogP contribution is 2.39. The Kier molecular flexibility index (Phi) is 1.94. The van der Waals surface area contributed by atoms with Crippen molar-refractivity contribution in [2.75, 3.05) is 0 Å². The molecule has 2 rings (SSSR count). The smallest absolute Gasteiger partial charge is 0.334 e. The summed E-state index contributed by atoms with van der Waals surface area (Å²) in [5, 5.41) is 19.6. The van der Waals surface area contributed by atoms with Gasteiger partial charge >= 0.3 is 5.97 Å². The van der Waals surface area contributed by atoms with Crippen LogP contribution in [0.5, 0.6) is 0 Å². The quantitative estimate of drug-likeness (QED) is 0.543. The third-order valence-electron chi connectivity index (χ3n) is 3.19. The Balaban J connectivity index is 2.33. The standard InChI is InChI=1S/C10H14O4/c1-5-6-3-4-10(2,13)8(11)7(6)14-9(5)12/h7-8,11,13H,3-4H2,1-2H3/t7-,8+,10-/m0/s1. The van der Waals surface area contributed by atoms with E-state index in [1.54, 1.807) is 13.8 Å². The molecular formula is C10H14O4. The molecule has 1 heterocycles. The molecule has 0 radical (unpaired) electrons. The van der Waals surface area contributed by atoms with Gasteiger partial charge < -0.3 is 14.9 Å². The first-order chi connectivity index (χ1) is 6.43. The van der Waals surface area contributed by atoms with Crippen molar-refractivity contribution in [3.05, 3.63) is 11.1 Å². The molecule has 14 heavy (non-hydrogen) atoms. The van der Waals surface area contributed by atoms with Gasteiger partial charge in [0.1, 0.15) is 6.10 Å². The van der Waals surface area contributed by atoms with Crippen molar-refractivity contribution in [2.45, 2.75) is 44.5 Å². The van der Waals surface area contributed by atoms with E-state index in [2.05, 4.69) is 0 Å². The van der Waals surface area contributed by atoms with Gasteiger partial charge in [0.15, 0.2) is 6.10 Å². The van der Waals surface area contributed by atoms with E-state index < -0.39 is 17.8 Å². The third kappa shape index (κ3) is 1.18. The maximum atomic E-state index is 11.2. The average Bonchev–Trinajstić information content (AvgIpc) is 2.38. The van der Waals surface area contributed by atoms with Crippen LogP contribution in [0.1, 0.15) is 26.7 Å². The van der Waals surface area contributed by atoms with Crippen LogP contribution in [0.2, 0.25) is 0 Å². The second kappa shape index (κ2) is 2.81. The lowest BCUT2D eigenvalue weighted by Crippen LogP contribution is -2.51. The molecule has 1 aliphatic carbocycles. The first kappa shape index (κ1) is 9.68. The topological polar surface area (TPSA) is 66.8 Å². The highest BCUT2D eigenvalue weighted by Gasteiger charge is 2.48. The van der Waals surface area contributed by atoms with Crippen LogP contribution in [0.3, 0.4) is 0 Å². The largest absolute Gasteiger partial charge is 0.452 e. The molecule has 1 aliphatic heterocycles. The Morgan fingerprint density at radius 3 is 2.86 bits per heavy atom. The van der Waals surface area contributed by atoms with Gasteiger partial charge in [-0.25, -0.2) is 4.79 Å². The number of esters is 1. The SMILES string of the molecule is CC1=C2CC[C@](C)(O)[C@H](O)[C@H]2OC1=O. The number of hydrogen-bond donors (Lipinski definition) is 2. The summed E-state index contributed by atoms with van der Waals surface area (Å²) in [6.45, 7) is 3.26. The van der Waals surface area contributed by atoms with Crippen molar-refractivity contribution in [3.63, 3.8) is 0 Å². The first-order valence-electron chi connectivity index (χ1n) is 4.74. The minimum absolute atomic E-state index is 0.373. The number of ether oxygens (including phenoxy) is 1. The van der Waals surface area contributed by atoms with Crippen LogP contribution in [0.4, 0.5) is 0 Å². The van der Waals surface area contributed by atoms with Gasteiger partial charge in [0.2, 0.25) is 0 Å². The molecule has 0 aromatic carbocycles. The van der Waals surface area contributed by atoms with Gasteiger partial charge in [-0.05, 0) is 32.3 Å². The van der Waals surface area contributed by atoms with Crippen LogP contribution in [-0.2, 0) is 9.53 Å². The van der Waals surface area contributed by atoms with E-state index in [1.807, 2.05) is 0 Å². The second-order valence-electron chi connectivity index (χ2n) is 4.28. The molecule has 0 unspecified atom stereocenters. The van der Waals surface area contributed by atoms with Gasteiger partial charge in [0, 0.05) is 5.57 Å². The van der Waals surface area contributed by atoms with Crippen molar-refractivity contribution < 1.29 is 19.7 Å². The van der Waals surface area contributed by atoms with Crippen molar-refractivity contribution in [3.8, 4) is 0 Å². The molecule has 2 aliphatic rings. The fraction of sp³-hybridized carbons (Fsp3) is 0.700. The molecule has 0 bridgehead atoms. The number of fused-ring (bicyclic) bond motifs is 1. The second-order valence-corrected chi connectivity index (χ2v) is 4.28. The van der Waals surface area contributed by atoms with Gasteiger partial charge in [0.25, 0.3) is 0 Å². The van der Waals surface area contributed by atoms with E-state index in [-0.39, 0.29) is 5.97 Å². The molecule has 4 heteroatoms. The zero-order valence-corrected chi connectivity index (χ0v) is 8.28. The molecule has 0 amide bonds. The fourth-order valence-electron chi connectivity index (χ4n) is 2.07. The van der Waals surface area contributed by atoms with E-state index in [1.165, 1.54) is 0 Å². The van der Waals surface area contributed by atoms with E-state index in [4.69, 9.17) is 4.74 Å². The maximum absolute atomic E-state index is 11.2. The van der Waals surface area contributed by atoms with Gasteiger partial charge in [-0.2, -0.15) is 0 Å². The molecule has 1 fully saturated rings.